The Labute approximate surface area is 95.5 Å². The fraction of sp³-hybridized carbons (Fsp3) is 0.733. The summed E-state index contributed by atoms with van der Waals surface area (Å²) in [7, 11) is 0. The average Bonchev–Trinajstić information content (AvgIpc) is 2.48. The van der Waals surface area contributed by atoms with Crippen molar-refractivity contribution >= 4 is 0 Å². The maximum absolute atomic E-state index is 2.32. The minimum absolute atomic E-state index is 1.32. The monoisotopic (exact) mass is 206 g/mol. The van der Waals surface area contributed by atoms with Gasteiger partial charge in [-0.05, 0) is 51.4 Å². The average molecular weight is 206 g/mol. The number of rotatable bonds is 0. The van der Waals surface area contributed by atoms with E-state index in [0.717, 1.165) is 0 Å². The molecule has 86 valence electrons. The zero-order valence-corrected chi connectivity index (χ0v) is 10.1. The normalized spacial score (nSPS) is 21.9. The summed E-state index contributed by atoms with van der Waals surface area (Å²) < 4.78 is 0. The van der Waals surface area contributed by atoms with Crippen LogP contribution in [0.15, 0.2) is 24.3 Å². The highest BCUT2D eigenvalue weighted by Gasteiger charge is 1.90. The molecule has 2 rings (SSSR count). The highest BCUT2D eigenvalue weighted by atomic mass is 14.0. The molecule has 2 aliphatic carbocycles. The van der Waals surface area contributed by atoms with Crippen LogP contribution in [-0.2, 0) is 0 Å². The minimum atomic E-state index is 1.32. The molecule has 0 N–H and O–H groups in total. The Balaban J connectivity index is 0.000000151. The van der Waals surface area contributed by atoms with E-state index in [1.807, 2.05) is 0 Å². The molecule has 0 radical (unpaired) electrons. The highest BCUT2D eigenvalue weighted by molar-refractivity contribution is 4.83. The van der Waals surface area contributed by atoms with Gasteiger partial charge in [-0.2, -0.15) is 0 Å². The molecule has 0 bridgehead atoms. The van der Waals surface area contributed by atoms with Crippen molar-refractivity contribution in [2.45, 2.75) is 70.6 Å². The molecule has 0 spiro atoms. The number of hydrogen-bond acceptors (Lipinski definition) is 0. The van der Waals surface area contributed by atoms with Gasteiger partial charge in [0.2, 0.25) is 0 Å². The van der Waals surface area contributed by atoms with Crippen LogP contribution in [0.5, 0.6) is 0 Å². The van der Waals surface area contributed by atoms with Crippen LogP contribution in [0.3, 0.4) is 0 Å². The molecular formula is C15H26. The van der Waals surface area contributed by atoms with Gasteiger partial charge in [-0.1, -0.05) is 43.6 Å². The van der Waals surface area contributed by atoms with E-state index in [2.05, 4.69) is 24.3 Å². The number of hydrogen-bond donors (Lipinski definition) is 0. The molecule has 0 aliphatic heterocycles. The fourth-order valence-corrected chi connectivity index (χ4v) is 2.05. The van der Waals surface area contributed by atoms with Crippen molar-refractivity contribution in [3.63, 3.8) is 0 Å². The maximum Gasteiger partial charge on any atom is -0.0351 e. The van der Waals surface area contributed by atoms with Gasteiger partial charge in [-0.3, -0.25) is 0 Å². The second-order valence-corrected chi connectivity index (χ2v) is 4.57. The van der Waals surface area contributed by atoms with Crippen LogP contribution in [0.2, 0.25) is 0 Å². The molecule has 0 aromatic carbocycles. The molecule has 0 nitrogen and oxygen atoms in total. The Morgan fingerprint density at radius 3 is 0.933 bits per heavy atom. The van der Waals surface area contributed by atoms with Gasteiger partial charge in [0.15, 0.2) is 0 Å². The summed E-state index contributed by atoms with van der Waals surface area (Å²) in [4.78, 5) is 0. The van der Waals surface area contributed by atoms with E-state index < -0.39 is 0 Å². The predicted octanol–water partition coefficient (Wildman–Crippen LogP) is 5.40. The fourth-order valence-electron chi connectivity index (χ4n) is 2.05. The molecule has 0 saturated carbocycles. The maximum atomic E-state index is 2.32. The molecule has 0 unspecified atom stereocenters. The van der Waals surface area contributed by atoms with Crippen molar-refractivity contribution in [3.05, 3.63) is 24.3 Å². The molecule has 0 heterocycles. The van der Waals surface area contributed by atoms with Crippen LogP contribution in [0.1, 0.15) is 70.6 Å². The van der Waals surface area contributed by atoms with Crippen LogP contribution < -0.4 is 0 Å². The molecule has 0 saturated heterocycles. The van der Waals surface area contributed by atoms with Gasteiger partial charge in [0.1, 0.15) is 0 Å². The molecule has 0 atom stereocenters. The summed E-state index contributed by atoms with van der Waals surface area (Å²) >= 11 is 0. The van der Waals surface area contributed by atoms with Gasteiger partial charge >= 0.3 is 0 Å². The first-order valence-corrected chi connectivity index (χ1v) is 6.80. The molecule has 0 fully saturated rings. The lowest BCUT2D eigenvalue weighted by Crippen LogP contribution is -1.80. The van der Waals surface area contributed by atoms with Gasteiger partial charge in [-0.25, -0.2) is 0 Å². The second-order valence-electron chi connectivity index (χ2n) is 4.57. The smallest absolute Gasteiger partial charge is 0.0351 e. The minimum Gasteiger partial charge on any atom is -0.0885 e. The Morgan fingerprint density at radius 2 is 0.600 bits per heavy atom. The summed E-state index contributed by atoms with van der Waals surface area (Å²) in [5.41, 5.74) is 0. The van der Waals surface area contributed by atoms with Crippen molar-refractivity contribution in [1.82, 2.24) is 0 Å². The van der Waals surface area contributed by atoms with Crippen LogP contribution in [0.4, 0.5) is 0 Å². The Morgan fingerprint density at radius 1 is 0.333 bits per heavy atom. The lowest BCUT2D eigenvalue weighted by Gasteiger charge is -2.00. The van der Waals surface area contributed by atoms with E-state index in [0.29, 0.717) is 0 Å². The zero-order chi connectivity index (χ0) is 10.6. The topological polar surface area (TPSA) is 0 Å². The first-order chi connectivity index (χ1) is 7.50. The van der Waals surface area contributed by atoms with E-state index in [4.69, 9.17) is 0 Å². The van der Waals surface area contributed by atoms with E-state index in [1.165, 1.54) is 70.6 Å². The van der Waals surface area contributed by atoms with Gasteiger partial charge in [-0.15, -0.1) is 0 Å². The zero-order valence-electron chi connectivity index (χ0n) is 10.1. The van der Waals surface area contributed by atoms with Gasteiger partial charge in [0.25, 0.3) is 0 Å². The summed E-state index contributed by atoms with van der Waals surface area (Å²) in [6, 6.07) is 0. The van der Waals surface area contributed by atoms with Crippen LogP contribution in [-0.4, -0.2) is 0 Å². The molecular weight excluding hydrogens is 180 g/mol. The first kappa shape index (κ1) is 12.5. The summed E-state index contributed by atoms with van der Waals surface area (Å²) in [6.07, 6.45) is 24.5. The predicted molar refractivity (Wildman–Crippen MR) is 69.1 cm³/mol. The standard InChI is InChI=1S/C8H14.C7H12/c1-2-4-6-8-7-5-3-1;1-2-4-6-7-5-3-1/h1-2H,3-8H2;1-2H,3-7H2. The largest absolute Gasteiger partial charge is 0.0885 e. The van der Waals surface area contributed by atoms with Crippen LogP contribution in [0.25, 0.3) is 0 Å². The molecule has 2 aliphatic rings. The van der Waals surface area contributed by atoms with Crippen molar-refractivity contribution in [2.75, 3.05) is 0 Å². The van der Waals surface area contributed by atoms with Crippen molar-refractivity contribution in [3.8, 4) is 0 Å². The Hall–Kier alpha value is -0.520. The van der Waals surface area contributed by atoms with Crippen molar-refractivity contribution in [2.24, 2.45) is 0 Å². The Bertz CT molecular complexity index is 158. The SMILES string of the molecule is C1=CCCCCC1.C1=CCCCCCC1. The third-order valence-corrected chi connectivity index (χ3v) is 3.07. The summed E-state index contributed by atoms with van der Waals surface area (Å²) in [5, 5.41) is 0. The van der Waals surface area contributed by atoms with Crippen molar-refractivity contribution < 1.29 is 0 Å². The third-order valence-electron chi connectivity index (χ3n) is 3.07. The molecule has 0 aromatic rings. The molecule has 15 heavy (non-hydrogen) atoms. The Kier molecular flexibility index (Phi) is 8.38. The van der Waals surface area contributed by atoms with Gasteiger partial charge in [0.05, 0.1) is 0 Å². The summed E-state index contributed by atoms with van der Waals surface area (Å²) in [5.74, 6) is 0. The van der Waals surface area contributed by atoms with Crippen LogP contribution in [0, 0.1) is 0 Å². The van der Waals surface area contributed by atoms with Crippen LogP contribution >= 0.6 is 0 Å². The molecule has 0 amide bonds. The number of allylic oxidation sites excluding steroid dienone is 4. The van der Waals surface area contributed by atoms with E-state index in [9.17, 15) is 0 Å². The van der Waals surface area contributed by atoms with Gasteiger partial charge < -0.3 is 0 Å². The molecule has 0 aromatic heterocycles. The quantitative estimate of drug-likeness (QED) is 0.465. The summed E-state index contributed by atoms with van der Waals surface area (Å²) in [6.45, 7) is 0. The first-order valence-electron chi connectivity index (χ1n) is 6.80. The van der Waals surface area contributed by atoms with Crippen molar-refractivity contribution in [1.29, 1.82) is 0 Å². The van der Waals surface area contributed by atoms with E-state index in [-0.39, 0.29) is 0 Å². The van der Waals surface area contributed by atoms with E-state index in [1.54, 1.807) is 0 Å². The van der Waals surface area contributed by atoms with Gasteiger partial charge in [0, 0.05) is 0 Å². The molecule has 0 heteroatoms. The third kappa shape index (κ3) is 8.47. The lowest BCUT2D eigenvalue weighted by molar-refractivity contribution is 0.638. The highest BCUT2D eigenvalue weighted by Crippen LogP contribution is 2.10. The lowest BCUT2D eigenvalue weighted by atomic mass is 10.1. The second kappa shape index (κ2) is 10.0. The van der Waals surface area contributed by atoms with E-state index >= 15 is 0 Å².